The highest BCUT2D eigenvalue weighted by atomic mass is 16.2. The summed E-state index contributed by atoms with van der Waals surface area (Å²) < 4.78 is 0. The number of carbonyl (C=O) groups is 1. The van der Waals surface area contributed by atoms with Gasteiger partial charge in [0.1, 0.15) is 0 Å². The molecule has 2 aliphatic rings. The molecule has 0 spiro atoms. The normalized spacial score (nSPS) is 24.5. The maximum atomic E-state index is 12.4. The molecule has 2 fully saturated rings. The molecule has 0 aromatic carbocycles. The number of nitrogens with one attached hydrogen (secondary N) is 1. The molecule has 1 heterocycles. The van der Waals surface area contributed by atoms with Gasteiger partial charge in [0, 0.05) is 13.0 Å². The Morgan fingerprint density at radius 2 is 2.26 bits per heavy atom. The van der Waals surface area contributed by atoms with Gasteiger partial charge in [-0.05, 0) is 56.5 Å². The number of piperidine rings is 1. The lowest BCUT2D eigenvalue weighted by Crippen LogP contribution is -2.38. The highest BCUT2D eigenvalue weighted by Crippen LogP contribution is 2.30. The van der Waals surface area contributed by atoms with E-state index in [-0.39, 0.29) is 5.91 Å². The van der Waals surface area contributed by atoms with E-state index in [1.807, 2.05) is 4.90 Å². The van der Waals surface area contributed by atoms with Crippen molar-refractivity contribution in [2.24, 2.45) is 17.8 Å². The minimum absolute atomic E-state index is 0.253. The van der Waals surface area contributed by atoms with Crippen LogP contribution in [0.3, 0.4) is 0 Å². The van der Waals surface area contributed by atoms with Crippen LogP contribution in [0, 0.1) is 30.1 Å². The van der Waals surface area contributed by atoms with Gasteiger partial charge in [0.15, 0.2) is 0 Å². The monoisotopic (exact) mass is 262 g/mol. The van der Waals surface area contributed by atoms with Gasteiger partial charge in [0.25, 0.3) is 0 Å². The molecule has 0 aromatic rings. The van der Waals surface area contributed by atoms with Crippen LogP contribution in [-0.4, -0.2) is 37.0 Å². The van der Waals surface area contributed by atoms with Crippen molar-refractivity contribution in [3.8, 4) is 12.3 Å². The second-order valence-corrected chi connectivity index (χ2v) is 6.21. The Kier molecular flexibility index (Phi) is 5.27. The average molecular weight is 262 g/mol. The number of amides is 1. The lowest BCUT2D eigenvalue weighted by molar-refractivity contribution is -0.132. The van der Waals surface area contributed by atoms with Crippen LogP contribution in [0.2, 0.25) is 0 Å². The summed E-state index contributed by atoms with van der Waals surface area (Å²) in [4.78, 5) is 14.3. The third kappa shape index (κ3) is 4.54. The largest absolute Gasteiger partial charge is 0.331 e. The summed E-state index contributed by atoms with van der Waals surface area (Å²) in [7, 11) is 0. The zero-order chi connectivity index (χ0) is 13.7. The maximum absolute atomic E-state index is 12.4. The third-order valence-corrected chi connectivity index (χ3v) is 4.45. The Morgan fingerprint density at radius 1 is 1.47 bits per heavy atom. The number of carbonyl (C=O) groups excluding carboxylic acids is 1. The van der Waals surface area contributed by atoms with Gasteiger partial charge in [0.2, 0.25) is 5.91 Å². The summed E-state index contributed by atoms with van der Waals surface area (Å²) in [6, 6.07) is 0. The van der Waals surface area contributed by atoms with Crippen molar-refractivity contribution in [1.29, 1.82) is 0 Å². The predicted molar refractivity (Wildman–Crippen MR) is 77.5 cm³/mol. The fourth-order valence-electron chi connectivity index (χ4n) is 2.91. The van der Waals surface area contributed by atoms with Crippen molar-refractivity contribution in [2.75, 3.05) is 26.2 Å². The number of terminal acetylenes is 1. The molecule has 1 amide bonds. The molecule has 2 unspecified atom stereocenters. The molecular weight excluding hydrogens is 236 g/mol. The van der Waals surface area contributed by atoms with Crippen LogP contribution in [0.15, 0.2) is 0 Å². The quantitative estimate of drug-likeness (QED) is 0.741. The van der Waals surface area contributed by atoms with E-state index in [0.717, 1.165) is 19.6 Å². The highest BCUT2D eigenvalue weighted by molar-refractivity contribution is 5.76. The second kappa shape index (κ2) is 6.96. The Balaban J connectivity index is 1.80. The van der Waals surface area contributed by atoms with Gasteiger partial charge in [-0.15, -0.1) is 6.42 Å². The van der Waals surface area contributed by atoms with E-state index in [1.54, 1.807) is 0 Å². The molecule has 0 radical (unpaired) electrons. The highest BCUT2D eigenvalue weighted by Gasteiger charge is 2.28. The summed E-state index contributed by atoms with van der Waals surface area (Å²) in [5.74, 6) is 4.69. The Bertz CT molecular complexity index is 337. The summed E-state index contributed by atoms with van der Waals surface area (Å²) in [5.41, 5.74) is 0. The summed E-state index contributed by atoms with van der Waals surface area (Å²) in [6.45, 7) is 5.75. The van der Waals surface area contributed by atoms with Crippen molar-refractivity contribution in [1.82, 2.24) is 10.2 Å². The molecule has 1 N–H and O–H groups in total. The van der Waals surface area contributed by atoms with Crippen LogP contribution >= 0.6 is 0 Å². The van der Waals surface area contributed by atoms with Gasteiger partial charge >= 0.3 is 0 Å². The molecule has 1 saturated carbocycles. The minimum Gasteiger partial charge on any atom is -0.331 e. The van der Waals surface area contributed by atoms with Crippen LogP contribution in [0.4, 0.5) is 0 Å². The summed E-state index contributed by atoms with van der Waals surface area (Å²) >= 11 is 0. The van der Waals surface area contributed by atoms with Crippen LogP contribution in [0.25, 0.3) is 0 Å². The van der Waals surface area contributed by atoms with E-state index in [2.05, 4.69) is 18.2 Å². The molecule has 19 heavy (non-hydrogen) atoms. The average Bonchev–Trinajstić information content (AvgIpc) is 3.23. The van der Waals surface area contributed by atoms with Crippen LogP contribution in [-0.2, 0) is 4.79 Å². The first-order chi connectivity index (χ1) is 9.20. The molecule has 0 aromatic heterocycles. The molecule has 0 bridgehead atoms. The molecule has 3 heteroatoms. The molecule has 1 aliphatic heterocycles. The molecule has 106 valence electrons. The zero-order valence-electron chi connectivity index (χ0n) is 12.0. The maximum Gasteiger partial charge on any atom is 0.223 e. The number of rotatable bonds is 6. The second-order valence-electron chi connectivity index (χ2n) is 6.21. The van der Waals surface area contributed by atoms with Gasteiger partial charge in [-0.25, -0.2) is 0 Å². The molecule has 1 aliphatic carbocycles. The lowest BCUT2D eigenvalue weighted by Gasteiger charge is -2.29. The fraction of sp³-hybridized carbons (Fsp3) is 0.812. The van der Waals surface area contributed by atoms with Gasteiger partial charge in [-0.3, -0.25) is 4.79 Å². The van der Waals surface area contributed by atoms with E-state index in [1.165, 1.54) is 25.7 Å². The summed E-state index contributed by atoms with van der Waals surface area (Å²) in [5, 5.41) is 3.43. The number of hydrogen-bond acceptors (Lipinski definition) is 2. The van der Waals surface area contributed by atoms with Crippen LogP contribution in [0.1, 0.15) is 39.0 Å². The topological polar surface area (TPSA) is 32.3 Å². The van der Waals surface area contributed by atoms with Gasteiger partial charge in [-0.2, -0.15) is 0 Å². The van der Waals surface area contributed by atoms with Crippen molar-refractivity contribution in [2.45, 2.75) is 39.0 Å². The number of nitrogens with zero attached hydrogens (tertiary/aromatic N) is 1. The number of hydrogen-bond donors (Lipinski definition) is 1. The minimum atomic E-state index is 0.253. The first kappa shape index (κ1) is 14.4. The fourth-order valence-corrected chi connectivity index (χ4v) is 2.91. The predicted octanol–water partition coefficient (Wildman–Crippen LogP) is 1.88. The van der Waals surface area contributed by atoms with E-state index < -0.39 is 0 Å². The zero-order valence-corrected chi connectivity index (χ0v) is 12.0. The molecular formula is C16H26N2O. The van der Waals surface area contributed by atoms with E-state index in [0.29, 0.717) is 30.7 Å². The first-order valence-corrected chi connectivity index (χ1v) is 7.62. The summed E-state index contributed by atoms with van der Waals surface area (Å²) in [6.07, 6.45) is 11.0. The molecule has 2 rings (SSSR count). The third-order valence-electron chi connectivity index (χ3n) is 4.45. The van der Waals surface area contributed by atoms with Gasteiger partial charge in [-0.1, -0.05) is 12.8 Å². The van der Waals surface area contributed by atoms with Crippen molar-refractivity contribution >= 4 is 5.91 Å². The van der Waals surface area contributed by atoms with Gasteiger partial charge in [0.05, 0.1) is 6.54 Å². The van der Waals surface area contributed by atoms with E-state index >= 15 is 0 Å². The van der Waals surface area contributed by atoms with Crippen molar-refractivity contribution in [3.05, 3.63) is 0 Å². The van der Waals surface area contributed by atoms with Crippen LogP contribution in [0.5, 0.6) is 0 Å². The molecule has 2 atom stereocenters. The SMILES string of the molecule is C#CCN(CC1CC1)C(=O)CC(C)C1CCCNC1. The lowest BCUT2D eigenvalue weighted by atomic mass is 9.85. The molecule has 3 nitrogen and oxygen atoms in total. The van der Waals surface area contributed by atoms with Gasteiger partial charge < -0.3 is 10.2 Å². The Morgan fingerprint density at radius 3 is 2.84 bits per heavy atom. The van der Waals surface area contributed by atoms with E-state index in [4.69, 9.17) is 6.42 Å². The Hall–Kier alpha value is -1.01. The van der Waals surface area contributed by atoms with Crippen molar-refractivity contribution in [3.63, 3.8) is 0 Å². The Labute approximate surface area is 117 Å². The molecule has 1 saturated heterocycles. The van der Waals surface area contributed by atoms with Crippen LogP contribution < -0.4 is 5.32 Å². The van der Waals surface area contributed by atoms with Crippen molar-refractivity contribution < 1.29 is 4.79 Å². The first-order valence-electron chi connectivity index (χ1n) is 7.62. The standard InChI is InChI=1S/C16H26N2O/c1-3-9-18(12-14-6-7-14)16(19)10-13(2)15-5-4-8-17-11-15/h1,13-15,17H,4-12H2,2H3. The smallest absolute Gasteiger partial charge is 0.223 e. The van der Waals surface area contributed by atoms with E-state index in [9.17, 15) is 4.79 Å².